The van der Waals surface area contributed by atoms with Crippen molar-refractivity contribution in [2.75, 3.05) is 21.2 Å². The van der Waals surface area contributed by atoms with E-state index >= 15 is 0 Å². The number of furan rings is 1. The molecule has 0 aliphatic rings. The van der Waals surface area contributed by atoms with E-state index < -0.39 is 16.0 Å². The zero-order valence-electron chi connectivity index (χ0n) is 13.0. The number of methoxy groups -OCH3 is 1. The van der Waals surface area contributed by atoms with Crippen molar-refractivity contribution in [2.24, 2.45) is 0 Å². The van der Waals surface area contributed by atoms with Crippen LogP contribution in [-0.4, -0.2) is 39.9 Å². The average molecular weight is 339 g/mol. The number of hydrogen-bond donors (Lipinski definition) is 0. The Morgan fingerprint density at radius 3 is 2.61 bits per heavy atom. The number of benzene rings is 1. The van der Waals surface area contributed by atoms with Gasteiger partial charge >= 0.3 is 5.97 Å². The fourth-order valence-electron chi connectivity index (χ4n) is 1.72. The SMILES string of the molecule is COc1cccc(C(=O)OCc2ccc(S(=O)(=O)N(C)C)o2)c1. The Bertz CT molecular complexity index is 794. The van der Waals surface area contributed by atoms with E-state index in [9.17, 15) is 13.2 Å². The molecule has 2 aromatic rings. The maximum atomic E-state index is 12.0. The molecule has 0 aliphatic carbocycles. The average Bonchev–Trinajstić information content (AvgIpc) is 3.02. The van der Waals surface area contributed by atoms with E-state index in [1.54, 1.807) is 24.3 Å². The minimum atomic E-state index is -3.65. The van der Waals surface area contributed by atoms with Gasteiger partial charge in [-0.2, -0.15) is 0 Å². The molecule has 0 amide bonds. The summed E-state index contributed by atoms with van der Waals surface area (Å²) in [5.41, 5.74) is 0.331. The number of esters is 1. The molecule has 8 heteroatoms. The van der Waals surface area contributed by atoms with Crippen LogP contribution in [0, 0.1) is 0 Å². The minimum Gasteiger partial charge on any atom is -0.497 e. The maximum Gasteiger partial charge on any atom is 0.338 e. The first-order valence-corrected chi connectivity index (χ1v) is 8.11. The molecule has 124 valence electrons. The molecule has 0 N–H and O–H groups in total. The van der Waals surface area contributed by atoms with Gasteiger partial charge in [0.15, 0.2) is 0 Å². The lowest BCUT2D eigenvalue weighted by Gasteiger charge is -2.08. The minimum absolute atomic E-state index is 0.168. The second-order valence-electron chi connectivity index (χ2n) is 4.82. The van der Waals surface area contributed by atoms with E-state index in [0.29, 0.717) is 11.3 Å². The molecule has 0 atom stereocenters. The fourth-order valence-corrected chi connectivity index (χ4v) is 2.54. The summed E-state index contributed by atoms with van der Waals surface area (Å²) in [6.07, 6.45) is 0. The molecule has 0 saturated carbocycles. The largest absolute Gasteiger partial charge is 0.497 e. The number of sulfonamides is 1. The van der Waals surface area contributed by atoms with Crippen molar-refractivity contribution < 1.29 is 27.1 Å². The topological polar surface area (TPSA) is 86.0 Å². The Labute approximate surface area is 134 Å². The van der Waals surface area contributed by atoms with Crippen LogP contribution in [-0.2, 0) is 21.4 Å². The third kappa shape index (κ3) is 3.91. The van der Waals surface area contributed by atoms with Gasteiger partial charge in [0, 0.05) is 14.1 Å². The zero-order chi connectivity index (χ0) is 17.0. The monoisotopic (exact) mass is 339 g/mol. The number of hydrogen-bond acceptors (Lipinski definition) is 6. The quantitative estimate of drug-likeness (QED) is 0.747. The summed E-state index contributed by atoms with van der Waals surface area (Å²) in [7, 11) is 0.660. The van der Waals surface area contributed by atoms with Crippen LogP contribution in [0.15, 0.2) is 45.9 Å². The summed E-state index contributed by atoms with van der Waals surface area (Å²) in [5.74, 6) is 0.218. The Balaban J connectivity index is 2.04. The molecule has 2 rings (SSSR count). The van der Waals surface area contributed by atoms with Gasteiger partial charge in [-0.3, -0.25) is 0 Å². The van der Waals surface area contributed by atoms with E-state index in [4.69, 9.17) is 13.9 Å². The number of carbonyl (C=O) groups is 1. The number of carbonyl (C=O) groups excluding carboxylic acids is 1. The molecule has 0 unspecified atom stereocenters. The van der Waals surface area contributed by atoms with Crippen LogP contribution in [0.1, 0.15) is 16.1 Å². The van der Waals surface area contributed by atoms with Gasteiger partial charge in [-0.05, 0) is 30.3 Å². The molecule has 23 heavy (non-hydrogen) atoms. The molecular weight excluding hydrogens is 322 g/mol. The second-order valence-corrected chi connectivity index (χ2v) is 6.90. The molecule has 7 nitrogen and oxygen atoms in total. The zero-order valence-corrected chi connectivity index (χ0v) is 13.8. The number of nitrogens with zero attached hydrogens (tertiary/aromatic N) is 1. The number of rotatable bonds is 6. The van der Waals surface area contributed by atoms with Crippen LogP contribution in [0.25, 0.3) is 0 Å². The standard InChI is InChI=1S/C15H17NO6S/c1-16(2)23(18,19)14-8-7-13(22-14)10-21-15(17)11-5-4-6-12(9-11)20-3/h4-9H,10H2,1-3H3. The van der Waals surface area contributed by atoms with E-state index in [-0.39, 0.29) is 17.5 Å². The summed E-state index contributed by atoms with van der Waals surface area (Å²) in [4.78, 5) is 12.0. The Morgan fingerprint density at radius 1 is 1.22 bits per heavy atom. The van der Waals surface area contributed by atoms with Crippen molar-refractivity contribution in [2.45, 2.75) is 11.7 Å². The van der Waals surface area contributed by atoms with Gasteiger partial charge in [-0.25, -0.2) is 17.5 Å². The molecule has 0 spiro atoms. The summed E-state index contributed by atoms with van der Waals surface area (Å²) in [5, 5.41) is -0.199. The lowest BCUT2D eigenvalue weighted by atomic mass is 10.2. The lowest BCUT2D eigenvalue weighted by Crippen LogP contribution is -2.21. The maximum absolute atomic E-state index is 12.0. The van der Waals surface area contributed by atoms with Gasteiger partial charge in [-0.1, -0.05) is 6.07 Å². The second kappa shape index (κ2) is 6.84. The van der Waals surface area contributed by atoms with Gasteiger partial charge in [0.1, 0.15) is 18.1 Å². The van der Waals surface area contributed by atoms with Crippen LogP contribution >= 0.6 is 0 Å². The Morgan fingerprint density at radius 2 is 1.96 bits per heavy atom. The molecule has 0 fully saturated rings. The van der Waals surface area contributed by atoms with E-state index in [2.05, 4.69) is 0 Å². The van der Waals surface area contributed by atoms with Crippen LogP contribution in [0.4, 0.5) is 0 Å². The van der Waals surface area contributed by atoms with Crippen LogP contribution in [0.3, 0.4) is 0 Å². The molecule has 0 radical (unpaired) electrons. The smallest absolute Gasteiger partial charge is 0.338 e. The highest BCUT2D eigenvalue weighted by molar-refractivity contribution is 7.88. The normalized spacial score (nSPS) is 11.5. The predicted molar refractivity (Wildman–Crippen MR) is 81.7 cm³/mol. The predicted octanol–water partition coefficient (Wildman–Crippen LogP) is 1.90. The third-order valence-electron chi connectivity index (χ3n) is 3.02. The highest BCUT2D eigenvalue weighted by Gasteiger charge is 2.21. The van der Waals surface area contributed by atoms with E-state index in [0.717, 1.165) is 4.31 Å². The summed E-state index contributed by atoms with van der Waals surface area (Å²) < 4.78 is 40.2. The van der Waals surface area contributed by atoms with Gasteiger partial charge in [0.05, 0.1) is 12.7 Å². The van der Waals surface area contributed by atoms with Crippen LogP contribution < -0.4 is 4.74 Å². The molecule has 0 bridgehead atoms. The van der Waals surface area contributed by atoms with E-state index in [1.807, 2.05) is 0 Å². The highest BCUT2D eigenvalue weighted by atomic mass is 32.2. The molecular formula is C15H17NO6S. The lowest BCUT2D eigenvalue weighted by molar-refractivity contribution is 0.0440. The van der Waals surface area contributed by atoms with Crippen molar-refractivity contribution in [1.82, 2.24) is 4.31 Å². The Kier molecular flexibility index (Phi) is 5.07. The third-order valence-corrected chi connectivity index (χ3v) is 4.71. The van der Waals surface area contributed by atoms with Crippen molar-refractivity contribution in [3.8, 4) is 5.75 Å². The molecule has 1 aromatic heterocycles. The van der Waals surface area contributed by atoms with Gasteiger partial charge < -0.3 is 13.9 Å². The Hall–Kier alpha value is -2.32. The first kappa shape index (κ1) is 17.0. The fraction of sp³-hybridized carbons (Fsp3) is 0.267. The summed E-state index contributed by atoms with van der Waals surface area (Å²) in [6, 6.07) is 9.30. The molecule has 0 aliphatic heterocycles. The molecule has 0 saturated heterocycles. The number of ether oxygens (including phenoxy) is 2. The molecule has 1 aromatic carbocycles. The highest BCUT2D eigenvalue weighted by Crippen LogP contribution is 2.18. The van der Waals surface area contributed by atoms with Gasteiger partial charge in [0.25, 0.3) is 10.0 Å². The van der Waals surface area contributed by atoms with E-state index in [1.165, 1.54) is 33.3 Å². The van der Waals surface area contributed by atoms with Crippen molar-refractivity contribution in [1.29, 1.82) is 0 Å². The van der Waals surface area contributed by atoms with Crippen molar-refractivity contribution in [3.05, 3.63) is 47.7 Å². The molecule has 1 heterocycles. The van der Waals surface area contributed by atoms with Gasteiger partial charge in [0.2, 0.25) is 5.09 Å². The van der Waals surface area contributed by atoms with Crippen LogP contribution in [0.2, 0.25) is 0 Å². The summed E-state index contributed by atoms with van der Waals surface area (Å²) >= 11 is 0. The summed E-state index contributed by atoms with van der Waals surface area (Å²) in [6.45, 7) is -0.168. The first-order valence-electron chi connectivity index (χ1n) is 6.67. The van der Waals surface area contributed by atoms with Crippen molar-refractivity contribution in [3.63, 3.8) is 0 Å². The van der Waals surface area contributed by atoms with Crippen molar-refractivity contribution >= 4 is 16.0 Å². The van der Waals surface area contributed by atoms with Crippen LogP contribution in [0.5, 0.6) is 5.75 Å². The van der Waals surface area contributed by atoms with Gasteiger partial charge in [-0.15, -0.1) is 0 Å². The first-order chi connectivity index (χ1) is 10.8.